The zero-order valence-electron chi connectivity index (χ0n) is 12.2. The zero-order chi connectivity index (χ0) is 15.7. The quantitative estimate of drug-likeness (QED) is 0.406. The molecule has 0 aliphatic rings. The topological polar surface area (TPSA) is 111 Å². The van der Waals surface area contributed by atoms with Gasteiger partial charge in [0.2, 0.25) is 0 Å². The summed E-state index contributed by atoms with van der Waals surface area (Å²) in [6.07, 6.45) is 2.53. The third kappa shape index (κ3) is 5.09. The number of nitrogens with one attached hydrogen (secondary N) is 2. The van der Waals surface area contributed by atoms with Gasteiger partial charge in [0, 0.05) is 13.7 Å². The predicted molar refractivity (Wildman–Crippen MR) is 81.7 cm³/mol. The SMILES string of the molecule is C=CCCOCCNc1c(N)n(CCOC)c(=O)[nH]c1=O. The number of ether oxygens (including phenoxy) is 2. The van der Waals surface area contributed by atoms with Crippen molar-refractivity contribution in [3.05, 3.63) is 33.5 Å². The fourth-order valence-electron chi connectivity index (χ4n) is 1.68. The number of nitrogens with two attached hydrogens (primary N) is 1. The Morgan fingerprint density at radius 1 is 1.38 bits per heavy atom. The second-order valence-electron chi connectivity index (χ2n) is 4.28. The van der Waals surface area contributed by atoms with Crippen molar-refractivity contribution in [3.63, 3.8) is 0 Å². The van der Waals surface area contributed by atoms with Gasteiger partial charge in [0.1, 0.15) is 11.5 Å². The average Bonchev–Trinajstić information content (AvgIpc) is 2.45. The van der Waals surface area contributed by atoms with Gasteiger partial charge in [-0.25, -0.2) is 4.79 Å². The summed E-state index contributed by atoms with van der Waals surface area (Å²) in [5, 5.41) is 2.88. The zero-order valence-corrected chi connectivity index (χ0v) is 12.2. The summed E-state index contributed by atoms with van der Waals surface area (Å²) < 4.78 is 11.5. The predicted octanol–water partition coefficient (Wildman–Crippen LogP) is -0.230. The molecule has 0 radical (unpaired) electrons. The van der Waals surface area contributed by atoms with Crippen LogP contribution < -0.4 is 22.3 Å². The van der Waals surface area contributed by atoms with E-state index in [1.165, 1.54) is 11.7 Å². The van der Waals surface area contributed by atoms with Crippen LogP contribution in [0.1, 0.15) is 6.42 Å². The minimum absolute atomic E-state index is 0.0897. The van der Waals surface area contributed by atoms with Gasteiger partial charge in [0.25, 0.3) is 5.56 Å². The van der Waals surface area contributed by atoms with Crippen LogP contribution in [0.2, 0.25) is 0 Å². The fourth-order valence-corrected chi connectivity index (χ4v) is 1.68. The maximum Gasteiger partial charge on any atom is 0.330 e. The third-order valence-corrected chi connectivity index (χ3v) is 2.77. The molecule has 1 rings (SSSR count). The molecule has 0 aliphatic carbocycles. The number of nitrogens with zero attached hydrogens (tertiary/aromatic N) is 1. The third-order valence-electron chi connectivity index (χ3n) is 2.77. The van der Waals surface area contributed by atoms with Crippen LogP contribution in [-0.4, -0.2) is 43.0 Å². The first-order valence-electron chi connectivity index (χ1n) is 6.65. The summed E-state index contributed by atoms with van der Waals surface area (Å²) in [5.41, 5.74) is 4.93. The van der Waals surface area contributed by atoms with Gasteiger partial charge in [-0.05, 0) is 6.42 Å². The highest BCUT2D eigenvalue weighted by molar-refractivity contribution is 5.60. The summed E-state index contributed by atoms with van der Waals surface area (Å²) in [6.45, 7) is 5.58. The van der Waals surface area contributed by atoms with Crippen molar-refractivity contribution < 1.29 is 9.47 Å². The number of H-pyrrole nitrogens is 1. The van der Waals surface area contributed by atoms with E-state index in [1.807, 2.05) is 0 Å². The Hall–Kier alpha value is -2.06. The molecule has 0 aromatic carbocycles. The van der Waals surface area contributed by atoms with Crippen LogP contribution in [0.3, 0.4) is 0 Å². The van der Waals surface area contributed by atoms with Crippen molar-refractivity contribution in [1.82, 2.24) is 9.55 Å². The number of hydrogen-bond donors (Lipinski definition) is 3. The summed E-state index contributed by atoms with van der Waals surface area (Å²) in [6, 6.07) is 0. The lowest BCUT2D eigenvalue weighted by atomic mass is 10.4. The van der Waals surface area contributed by atoms with E-state index in [4.69, 9.17) is 15.2 Å². The van der Waals surface area contributed by atoms with Gasteiger partial charge < -0.3 is 20.5 Å². The van der Waals surface area contributed by atoms with Gasteiger partial charge in [-0.1, -0.05) is 6.08 Å². The van der Waals surface area contributed by atoms with Crippen LogP contribution in [0.4, 0.5) is 11.5 Å². The highest BCUT2D eigenvalue weighted by atomic mass is 16.5. The van der Waals surface area contributed by atoms with Gasteiger partial charge >= 0.3 is 5.69 Å². The van der Waals surface area contributed by atoms with E-state index in [0.29, 0.717) is 26.4 Å². The minimum Gasteiger partial charge on any atom is -0.383 e. The van der Waals surface area contributed by atoms with Crippen LogP contribution in [-0.2, 0) is 16.0 Å². The van der Waals surface area contributed by atoms with E-state index in [9.17, 15) is 9.59 Å². The lowest BCUT2D eigenvalue weighted by molar-refractivity contribution is 0.149. The number of aromatic amines is 1. The monoisotopic (exact) mass is 298 g/mol. The number of methoxy groups -OCH3 is 1. The van der Waals surface area contributed by atoms with Gasteiger partial charge in [-0.3, -0.25) is 14.3 Å². The number of hydrogen-bond acceptors (Lipinski definition) is 6. The molecule has 118 valence electrons. The molecular formula is C13H22N4O4. The summed E-state index contributed by atoms with van der Waals surface area (Å²) >= 11 is 0. The first kappa shape index (κ1) is 17.0. The Morgan fingerprint density at radius 3 is 2.81 bits per heavy atom. The molecule has 8 heteroatoms. The molecule has 0 fully saturated rings. The van der Waals surface area contributed by atoms with Crippen LogP contribution in [0.25, 0.3) is 0 Å². The lowest BCUT2D eigenvalue weighted by Gasteiger charge is -2.13. The van der Waals surface area contributed by atoms with Crippen molar-refractivity contribution in [3.8, 4) is 0 Å². The summed E-state index contributed by atoms with van der Waals surface area (Å²) in [5.74, 6) is 0.0897. The van der Waals surface area contributed by atoms with Gasteiger partial charge in [-0.2, -0.15) is 0 Å². The molecule has 1 aromatic heterocycles. The normalized spacial score (nSPS) is 10.5. The van der Waals surface area contributed by atoms with Gasteiger partial charge in [0.05, 0.1) is 26.4 Å². The second-order valence-corrected chi connectivity index (χ2v) is 4.28. The molecule has 0 saturated heterocycles. The Morgan fingerprint density at radius 2 is 2.14 bits per heavy atom. The Bertz CT molecular complexity index is 564. The van der Waals surface area contributed by atoms with E-state index in [1.54, 1.807) is 6.08 Å². The molecule has 8 nitrogen and oxygen atoms in total. The number of aromatic nitrogens is 2. The van der Waals surface area contributed by atoms with Crippen LogP contribution in [0.5, 0.6) is 0 Å². The Kier molecular flexibility index (Phi) is 7.27. The Balaban J connectivity index is 2.70. The van der Waals surface area contributed by atoms with Crippen molar-refractivity contribution >= 4 is 11.5 Å². The van der Waals surface area contributed by atoms with Crippen molar-refractivity contribution in [2.24, 2.45) is 0 Å². The second kappa shape index (κ2) is 8.98. The van der Waals surface area contributed by atoms with E-state index in [2.05, 4.69) is 16.9 Å². The first-order valence-corrected chi connectivity index (χ1v) is 6.65. The molecule has 0 aliphatic heterocycles. The number of nitrogen functional groups attached to an aromatic ring is 1. The minimum atomic E-state index is -0.553. The van der Waals surface area contributed by atoms with Crippen molar-refractivity contribution in [2.45, 2.75) is 13.0 Å². The lowest BCUT2D eigenvalue weighted by Crippen LogP contribution is -2.35. The van der Waals surface area contributed by atoms with E-state index in [-0.39, 0.29) is 18.1 Å². The van der Waals surface area contributed by atoms with E-state index >= 15 is 0 Å². The van der Waals surface area contributed by atoms with Crippen LogP contribution >= 0.6 is 0 Å². The fraction of sp³-hybridized carbons (Fsp3) is 0.538. The van der Waals surface area contributed by atoms with Crippen molar-refractivity contribution in [2.75, 3.05) is 44.5 Å². The molecule has 0 saturated carbocycles. The molecule has 0 atom stereocenters. The molecule has 0 unspecified atom stereocenters. The smallest absolute Gasteiger partial charge is 0.330 e. The average molecular weight is 298 g/mol. The van der Waals surface area contributed by atoms with Crippen LogP contribution in [0.15, 0.2) is 22.2 Å². The molecule has 0 spiro atoms. The van der Waals surface area contributed by atoms with Gasteiger partial charge in [0.15, 0.2) is 0 Å². The molecule has 1 aromatic rings. The molecule has 0 amide bonds. The molecular weight excluding hydrogens is 276 g/mol. The molecule has 0 bridgehead atoms. The molecule has 1 heterocycles. The first-order chi connectivity index (χ1) is 10.1. The van der Waals surface area contributed by atoms with Gasteiger partial charge in [-0.15, -0.1) is 6.58 Å². The highest BCUT2D eigenvalue weighted by Crippen LogP contribution is 2.09. The Labute approximate surface area is 122 Å². The molecule has 4 N–H and O–H groups in total. The number of rotatable bonds is 10. The summed E-state index contributed by atoms with van der Waals surface area (Å²) in [4.78, 5) is 25.7. The largest absolute Gasteiger partial charge is 0.383 e. The van der Waals surface area contributed by atoms with Crippen molar-refractivity contribution in [1.29, 1.82) is 0 Å². The highest BCUT2D eigenvalue weighted by Gasteiger charge is 2.11. The van der Waals surface area contributed by atoms with E-state index in [0.717, 1.165) is 6.42 Å². The maximum absolute atomic E-state index is 11.8. The van der Waals surface area contributed by atoms with E-state index < -0.39 is 11.2 Å². The van der Waals surface area contributed by atoms with Crippen LogP contribution in [0, 0.1) is 0 Å². The molecule has 21 heavy (non-hydrogen) atoms. The summed E-state index contributed by atoms with van der Waals surface area (Å²) in [7, 11) is 1.52. The standard InChI is InChI=1S/C13H22N4O4/c1-3-4-7-21-8-5-15-10-11(14)17(6-9-20-2)13(19)16-12(10)18/h3,15H,1,4-9,14H2,2H3,(H,16,18,19). The maximum atomic E-state index is 11.8. The number of anilines is 2.